The molecule has 1 aromatic carbocycles. The van der Waals surface area contributed by atoms with E-state index >= 15 is 0 Å². The zero-order chi connectivity index (χ0) is 11.4. The quantitative estimate of drug-likeness (QED) is 0.863. The molecule has 0 aliphatic carbocycles. The van der Waals surface area contributed by atoms with Gasteiger partial charge in [0.2, 0.25) is 0 Å². The lowest BCUT2D eigenvalue weighted by atomic mass is 10.2. The van der Waals surface area contributed by atoms with E-state index in [-0.39, 0.29) is 11.9 Å². The fourth-order valence-corrected chi connectivity index (χ4v) is 1.73. The van der Waals surface area contributed by atoms with Crippen LogP contribution in [0.1, 0.15) is 17.3 Å². The van der Waals surface area contributed by atoms with Crippen molar-refractivity contribution in [3.8, 4) is 0 Å². The standard InChI is InChI=1S/C11H15IN2O/c1-8(7-13)14(2)11(15)9-4-3-5-10(12)6-9/h3-6,8H,7,13H2,1-2H3. The number of hydrogen-bond acceptors (Lipinski definition) is 2. The van der Waals surface area contributed by atoms with Crippen molar-refractivity contribution < 1.29 is 4.79 Å². The molecule has 82 valence electrons. The fourth-order valence-electron chi connectivity index (χ4n) is 1.18. The van der Waals surface area contributed by atoms with Crippen LogP contribution in [0.4, 0.5) is 0 Å². The third-order valence-electron chi connectivity index (χ3n) is 2.39. The van der Waals surface area contributed by atoms with E-state index in [1.54, 1.807) is 11.9 Å². The van der Waals surface area contributed by atoms with Crippen LogP contribution in [0.2, 0.25) is 0 Å². The molecule has 1 atom stereocenters. The molecule has 0 bridgehead atoms. The number of amides is 1. The molecular formula is C11H15IN2O. The first kappa shape index (κ1) is 12.4. The molecule has 3 nitrogen and oxygen atoms in total. The fraction of sp³-hybridized carbons (Fsp3) is 0.364. The van der Waals surface area contributed by atoms with Crippen LogP contribution in [0.15, 0.2) is 24.3 Å². The Bertz CT molecular complexity index is 354. The Kier molecular flexibility index (Phi) is 4.53. The maximum atomic E-state index is 12.0. The summed E-state index contributed by atoms with van der Waals surface area (Å²) in [5.41, 5.74) is 6.24. The highest BCUT2D eigenvalue weighted by Gasteiger charge is 2.15. The predicted octanol–water partition coefficient (Wildman–Crippen LogP) is 1.71. The van der Waals surface area contributed by atoms with Crippen molar-refractivity contribution in [2.24, 2.45) is 5.73 Å². The lowest BCUT2D eigenvalue weighted by Gasteiger charge is -2.23. The number of benzene rings is 1. The van der Waals surface area contributed by atoms with Gasteiger partial charge in [0, 0.05) is 28.8 Å². The smallest absolute Gasteiger partial charge is 0.253 e. The summed E-state index contributed by atoms with van der Waals surface area (Å²) in [4.78, 5) is 13.6. The summed E-state index contributed by atoms with van der Waals surface area (Å²) in [6, 6.07) is 7.61. The molecule has 1 aromatic rings. The number of nitrogens with zero attached hydrogens (tertiary/aromatic N) is 1. The van der Waals surface area contributed by atoms with Gasteiger partial charge in [-0.15, -0.1) is 0 Å². The molecule has 0 saturated carbocycles. The molecule has 4 heteroatoms. The van der Waals surface area contributed by atoms with Gasteiger partial charge in [-0.2, -0.15) is 0 Å². The van der Waals surface area contributed by atoms with Gasteiger partial charge >= 0.3 is 0 Å². The summed E-state index contributed by atoms with van der Waals surface area (Å²) >= 11 is 2.19. The van der Waals surface area contributed by atoms with E-state index in [0.717, 1.165) is 3.57 Å². The monoisotopic (exact) mass is 318 g/mol. The van der Waals surface area contributed by atoms with Crippen LogP contribution in [-0.2, 0) is 0 Å². The normalized spacial score (nSPS) is 12.3. The number of nitrogens with two attached hydrogens (primary N) is 1. The zero-order valence-corrected chi connectivity index (χ0v) is 11.1. The van der Waals surface area contributed by atoms with Gasteiger partial charge in [0.1, 0.15) is 0 Å². The second kappa shape index (κ2) is 5.46. The zero-order valence-electron chi connectivity index (χ0n) is 8.90. The Morgan fingerprint density at radius 3 is 2.80 bits per heavy atom. The van der Waals surface area contributed by atoms with Gasteiger partial charge in [-0.05, 0) is 47.7 Å². The van der Waals surface area contributed by atoms with E-state index in [0.29, 0.717) is 12.1 Å². The molecule has 1 amide bonds. The molecule has 1 unspecified atom stereocenters. The largest absolute Gasteiger partial charge is 0.338 e. The van der Waals surface area contributed by atoms with Gasteiger partial charge in [0.15, 0.2) is 0 Å². The van der Waals surface area contributed by atoms with Crippen molar-refractivity contribution in [2.45, 2.75) is 13.0 Å². The topological polar surface area (TPSA) is 46.3 Å². The highest BCUT2D eigenvalue weighted by Crippen LogP contribution is 2.10. The van der Waals surface area contributed by atoms with Crippen molar-refractivity contribution in [3.63, 3.8) is 0 Å². The van der Waals surface area contributed by atoms with Crippen LogP contribution in [0, 0.1) is 3.57 Å². The van der Waals surface area contributed by atoms with E-state index in [4.69, 9.17) is 5.73 Å². The highest BCUT2D eigenvalue weighted by atomic mass is 127. The minimum atomic E-state index is 0.0199. The van der Waals surface area contributed by atoms with E-state index in [9.17, 15) is 4.79 Å². The first-order valence-corrected chi connectivity index (χ1v) is 5.87. The van der Waals surface area contributed by atoms with Crippen LogP contribution < -0.4 is 5.73 Å². The molecule has 2 N–H and O–H groups in total. The molecule has 0 heterocycles. The van der Waals surface area contributed by atoms with E-state index in [2.05, 4.69) is 22.6 Å². The highest BCUT2D eigenvalue weighted by molar-refractivity contribution is 14.1. The van der Waals surface area contributed by atoms with Crippen LogP contribution in [0.5, 0.6) is 0 Å². The molecule has 0 radical (unpaired) electrons. The van der Waals surface area contributed by atoms with Crippen molar-refractivity contribution in [1.82, 2.24) is 4.90 Å². The van der Waals surface area contributed by atoms with Crippen LogP contribution in [0.25, 0.3) is 0 Å². The summed E-state index contributed by atoms with van der Waals surface area (Å²) in [5.74, 6) is 0.0199. The number of halogens is 1. The molecule has 0 spiro atoms. The number of hydrogen-bond donors (Lipinski definition) is 1. The van der Waals surface area contributed by atoms with Gasteiger partial charge < -0.3 is 10.6 Å². The second-order valence-corrected chi connectivity index (χ2v) is 4.76. The maximum absolute atomic E-state index is 12.0. The lowest BCUT2D eigenvalue weighted by Crippen LogP contribution is -2.39. The SMILES string of the molecule is CC(CN)N(C)C(=O)c1cccc(I)c1. The number of rotatable bonds is 3. The first-order valence-electron chi connectivity index (χ1n) is 4.79. The summed E-state index contributed by atoms with van der Waals surface area (Å²) < 4.78 is 1.06. The van der Waals surface area contributed by atoms with E-state index in [1.165, 1.54) is 0 Å². The summed E-state index contributed by atoms with van der Waals surface area (Å²) in [5, 5.41) is 0. The molecular weight excluding hydrogens is 303 g/mol. The van der Waals surface area contributed by atoms with Gasteiger partial charge in [-0.25, -0.2) is 0 Å². The van der Waals surface area contributed by atoms with Crippen LogP contribution >= 0.6 is 22.6 Å². The number of likely N-dealkylation sites (N-methyl/N-ethyl adjacent to an activating group) is 1. The van der Waals surface area contributed by atoms with Crippen molar-refractivity contribution in [3.05, 3.63) is 33.4 Å². The Labute approximate surface area is 104 Å². The second-order valence-electron chi connectivity index (χ2n) is 3.51. The Hall–Kier alpha value is -0.620. The van der Waals surface area contributed by atoms with Crippen molar-refractivity contribution in [1.29, 1.82) is 0 Å². The molecule has 0 saturated heterocycles. The Morgan fingerprint density at radius 2 is 2.27 bits per heavy atom. The van der Waals surface area contributed by atoms with Crippen LogP contribution in [-0.4, -0.2) is 30.4 Å². The first-order chi connectivity index (χ1) is 7.06. The Balaban J connectivity index is 2.85. The number of carbonyl (C=O) groups is 1. The molecule has 0 aromatic heterocycles. The molecule has 15 heavy (non-hydrogen) atoms. The van der Waals surface area contributed by atoms with E-state index in [1.807, 2.05) is 31.2 Å². The average Bonchev–Trinajstić information content (AvgIpc) is 2.26. The third kappa shape index (κ3) is 3.17. The third-order valence-corrected chi connectivity index (χ3v) is 3.07. The van der Waals surface area contributed by atoms with Gasteiger partial charge in [-0.3, -0.25) is 4.79 Å². The van der Waals surface area contributed by atoms with Gasteiger partial charge in [0.05, 0.1) is 0 Å². The lowest BCUT2D eigenvalue weighted by molar-refractivity contribution is 0.0748. The molecule has 0 fully saturated rings. The summed E-state index contributed by atoms with van der Waals surface area (Å²) in [7, 11) is 1.78. The molecule has 1 rings (SSSR count). The maximum Gasteiger partial charge on any atom is 0.253 e. The molecule has 0 aliphatic heterocycles. The van der Waals surface area contributed by atoms with Crippen LogP contribution in [0.3, 0.4) is 0 Å². The minimum absolute atomic E-state index is 0.0199. The summed E-state index contributed by atoms with van der Waals surface area (Å²) in [6.45, 7) is 2.41. The molecule has 0 aliphatic rings. The van der Waals surface area contributed by atoms with E-state index < -0.39 is 0 Å². The predicted molar refractivity (Wildman–Crippen MR) is 69.8 cm³/mol. The van der Waals surface area contributed by atoms with Crippen molar-refractivity contribution >= 4 is 28.5 Å². The van der Waals surface area contributed by atoms with Crippen molar-refractivity contribution in [2.75, 3.05) is 13.6 Å². The number of carbonyl (C=O) groups excluding carboxylic acids is 1. The minimum Gasteiger partial charge on any atom is -0.338 e. The average molecular weight is 318 g/mol. The Morgan fingerprint density at radius 1 is 1.60 bits per heavy atom. The van der Waals surface area contributed by atoms with Gasteiger partial charge in [-0.1, -0.05) is 6.07 Å². The van der Waals surface area contributed by atoms with Gasteiger partial charge in [0.25, 0.3) is 5.91 Å². The summed E-state index contributed by atoms with van der Waals surface area (Å²) in [6.07, 6.45) is 0.